The normalized spacial score (nSPS) is 12.2. The summed E-state index contributed by atoms with van der Waals surface area (Å²) in [4.78, 5) is 23.8. The van der Waals surface area contributed by atoms with Gasteiger partial charge >= 0.3 is 0 Å². The van der Waals surface area contributed by atoms with Crippen LogP contribution in [0.4, 0.5) is 5.69 Å². The Kier molecular flexibility index (Phi) is 6.37. The van der Waals surface area contributed by atoms with E-state index in [2.05, 4.69) is 20.4 Å². The summed E-state index contributed by atoms with van der Waals surface area (Å²) >= 11 is 0. The molecule has 0 unspecified atom stereocenters. The van der Waals surface area contributed by atoms with Crippen molar-refractivity contribution in [1.82, 2.24) is 24.6 Å². The van der Waals surface area contributed by atoms with E-state index in [0.717, 1.165) is 33.4 Å². The van der Waals surface area contributed by atoms with Gasteiger partial charge in [0.1, 0.15) is 17.8 Å². The lowest BCUT2D eigenvalue weighted by molar-refractivity contribution is -0.119. The molecule has 0 aliphatic rings. The van der Waals surface area contributed by atoms with Gasteiger partial charge in [-0.05, 0) is 20.2 Å². The van der Waals surface area contributed by atoms with Crippen molar-refractivity contribution in [2.45, 2.75) is 6.92 Å². The third kappa shape index (κ3) is 4.70. The molecule has 33 heavy (non-hydrogen) atoms. The maximum atomic E-state index is 12.8. The number of nitrogens with one attached hydrogen (secondary N) is 1. The number of anilines is 1. The van der Waals surface area contributed by atoms with Gasteiger partial charge in [-0.3, -0.25) is 9.48 Å². The van der Waals surface area contributed by atoms with Gasteiger partial charge in [-0.1, -0.05) is 37.3 Å². The van der Waals surface area contributed by atoms with Gasteiger partial charge in [0.05, 0.1) is 24.0 Å². The summed E-state index contributed by atoms with van der Waals surface area (Å²) in [6.45, 7) is 2.55. The van der Waals surface area contributed by atoms with E-state index in [1.807, 2.05) is 81.6 Å². The van der Waals surface area contributed by atoms with Crippen LogP contribution in [0.15, 0.2) is 55.0 Å². The highest BCUT2D eigenvalue weighted by molar-refractivity contribution is 6.02. The van der Waals surface area contributed by atoms with Gasteiger partial charge in [-0.25, -0.2) is 9.97 Å². The summed E-state index contributed by atoms with van der Waals surface area (Å²) in [7, 11) is 7.36. The number of carbonyl (C=O) groups excluding carboxylic acids is 1. The zero-order valence-corrected chi connectivity index (χ0v) is 19.5. The van der Waals surface area contributed by atoms with Crippen LogP contribution in [0, 0.1) is 5.92 Å². The number of hydrogen-bond donors (Lipinski definition) is 1. The molecule has 1 amide bonds. The lowest BCUT2D eigenvalue weighted by Gasteiger charge is -2.18. The van der Waals surface area contributed by atoms with Crippen molar-refractivity contribution in [3.05, 3.63) is 55.0 Å². The van der Waals surface area contributed by atoms with Crippen molar-refractivity contribution in [2.24, 2.45) is 13.0 Å². The zero-order valence-electron chi connectivity index (χ0n) is 19.5. The highest BCUT2D eigenvalue weighted by Crippen LogP contribution is 2.37. The van der Waals surface area contributed by atoms with E-state index >= 15 is 0 Å². The largest absolute Gasteiger partial charge is 0.494 e. The van der Waals surface area contributed by atoms with Gasteiger partial charge in [0.2, 0.25) is 5.91 Å². The second-order valence-corrected chi connectivity index (χ2v) is 8.38. The van der Waals surface area contributed by atoms with Crippen LogP contribution in [0.2, 0.25) is 0 Å². The smallest absolute Gasteiger partial charge is 0.228 e. The van der Waals surface area contributed by atoms with Crippen LogP contribution in [-0.4, -0.2) is 58.3 Å². The minimum Gasteiger partial charge on any atom is -0.494 e. The second kappa shape index (κ2) is 9.38. The first-order valence-corrected chi connectivity index (χ1v) is 10.7. The first-order chi connectivity index (χ1) is 15.9. The quantitative estimate of drug-likeness (QED) is 0.466. The number of ether oxygens (including phenoxy) is 1. The molecular formula is C25H28N6O2. The summed E-state index contributed by atoms with van der Waals surface area (Å²) in [5.74, 6) is 0.285. The average molecular weight is 445 g/mol. The van der Waals surface area contributed by atoms with Crippen LogP contribution >= 0.6 is 0 Å². The van der Waals surface area contributed by atoms with Crippen molar-refractivity contribution < 1.29 is 9.53 Å². The fourth-order valence-electron chi connectivity index (χ4n) is 3.92. The number of aromatic nitrogens is 4. The summed E-state index contributed by atoms with van der Waals surface area (Å²) in [6.07, 6.45) is 3.49. The predicted molar refractivity (Wildman–Crippen MR) is 130 cm³/mol. The number of rotatable bonds is 7. The summed E-state index contributed by atoms with van der Waals surface area (Å²) < 4.78 is 7.33. The Morgan fingerprint density at radius 3 is 2.61 bits per heavy atom. The van der Waals surface area contributed by atoms with E-state index in [0.29, 0.717) is 18.0 Å². The number of carbonyl (C=O) groups is 1. The Labute approximate surface area is 193 Å². The number of methoxy groups -OCH3 is 1. The van der Waals surface area contributed by atoms with Crippen molar-refractivity contribution in [2.75, 3.05) is 33.1 Å². The fraction of sp³-hybridized carbons (Fsp3) is 0.280. The van der Waals surface area contributed by atoms with Gasteiger partial charge in [-0.2, -0.15) is 5.10 Å². The van der Waals surface area contributed by atoms with Crippen LogP contribution in [0.25, 0.3) is 33.4 Å². The van der Waals surface area contributed by atoms with Gasteiger partial charge in [0.25, 0.3) is 0 Å². The second-order valence-electron chi connectivity index (χ2n) is 8.38. The molecule has 1 atom stereocenters. The Balaban J connectivity index is 1.82. The number of hydrogen-bond acceptors (Lipinski definition) is 6. The van der Waals surface area contributed by atoms with E-state index in [9.17, 15) is 4.79 Å². The first kappa shape index (κ1) is 22.4. The highest BCUT2D eigenvalue weighted by Gasteiger charge is 2.20. The molecule has 0 radical (unpaired) electrons. The number of benzene rings is 2. The van der Waals surface area contributed by atoms with E-state index < -0.39 is 0 Å². The van der Waals surface area contributed by atoms with Gasteiger partial charge < -0.3 is 15.0 Å². The molecule has 0 bridgehead atoms. The zero-order chi connectivity index (χ0) is 23.5. The maximum Gasteiger partial charge on any atom is 0.228 e. The molecule has 2 aromatic heterocycles. The van der Waals surface area contributed by atoms with Crippen molar-refractivity contribution >= 4 is 22.5 Å². The van der Waals surface area contributed by atoms with Crippen LogP contribution in [-0.2, 0) is 11.8 Å². The van der Waals surface area contributed by atoms with Gasteiger partial charge in [0.15, 0.2) is 0 Å². The molecule has 0 aliphatic carbocycles. The molecule has 0 saturated heterocycles. The lowest BCUT2D eigenvalue weighted by atomic mass is 10.0. The maximum absolute atomic E-state index is 12.8. The van der Waals surface area contributed by atoms with Gasteiger partial charge in [0, 0.05) is 48.3 Å². The molecule has 8 heteroatoms. The Bertz CT molecular complexity index is 1280. The molecule has 2 aromatic carbocycles. The van der Waals surface area contributed by atoms with Crippen LogP contribution < -0.4 is 10.1 Å². The molecule has 0 aliphatic heterocycles. The number of nitrogens with zero attached hydrogens (tertiary/aromatic N) is 5. The molecule has 0 spiro atoms. The topological polar surface area (TPSA) is 85.2 Å². The molecule has 1 N–H and O–H groups in total. The molecule has 170 valence electrons. The monoisotopic (exact) mass is 444 g/mol. The number of aryl methyl sites for hydroxylation is 1. The summed E-state index contributed by atoms with van der Waals surface area (Å²) in [6, 6.07) is 13.7. The SMILES string of the molecule is COc1cc2ncnc(-c3cn(C)nc3-c3ccccc3)c2cc1NC(=O)[C@H](C)CN(C)C. The Hall–Kier alpha value is -3.78. The Morgan fingerprint density at radius 1 is 1.15 bits per heavy atom. The average Bonchev–Trinajstić information content (AvgIpc) is 3.19. The predicted octanol–water partition coefficient (Wildman–Crippen LogP) is 3.84. The third-order valence-electron chi connectivity index (χ3n) is 5.43. The van der Waals surface area contributed by atoms with Crippen molar-refractivity contribution in [1.29, 1.82) is 0 Å². The van der Waals surface area contributed by atoms with E-state index in [-0.39, 0.29) is 11.8 Å². The van der Waals surface area contributed by atoms with Crippen LogP contribution in [0.3, 0.4) is 0 Å². The first-order valence-electron chi connectivity index (χ1n) is 10.7. The van der Waals surface area contributed by atoms with Crippen molar-refractivity contribution in [3.63, 3.8) is 0 Å². The molecule has 4 aromatic rings. The fourth-order valence-corrected chi connectivity index (χ4v) is 3.92. The van der Waals surface area contributed by atoms with E-state index in [1.165, 1.54) is 6.33 Å². The van der Waals surface area contributed by atoms with Crippen LogP contribution in [0.1, 0.15) is 6.92 Å². The minimum atomic E-state index is -0.185. The summed E-state index contributed by atoms with van der Waals surface area (Å²) in [5, 5.41) is 8.50. The molecule has 2 heterocycles. The lowest BCUT2D eigenvalue weighted by Crippen LogP contribution is -2.30. The van der Waals surface area contributed by atoms with Gasteiger partial charge in [-0.15, -0.1) is 0 Å². The standard InChI is InChI=1S/C25H28N6O2/c1-16(13-30(2)3)25(32)28-21-11-18-20(12-22(21)33-5)26-15-27-24(18)19-14-31(4)29-23(19)17-9-7-6-8-10-17/h6-12,14-16H,13H2,1-5H3,(H,28,32)/t16-/m1/s1. The molecule has 4 rings (SSSR count). The van der Waals surface area contributed by atoms with E-state index in [1.54, 1.807) is 11.8 Å². The van der Waals surface area contributed by atoms with E-state index in [4.69, 9.17) is 4.74 Å². The summed E-state index contributed by atoms with van der Waals surface area (Å²) in [5.41, 5.74) is 4.77. The third-order valence-corrected chi connectivity index (χ3v) is 5.43. The molecular weight excluding hydrogens is 416 g/mol. The van der Waals surface area contributed by atoms with Crippen molar-refractivity contribution in [3.8, 4) is 28.3 Å². The molecule has 0 fully saturated rings. The minimum absolute atomic E-state index is 0.0777. The highest BCUT2D eigenvalue weighted by atomic mass is 16.5. The number of fused-ring (bicyclic) bond motifs is 1. The molecule has 0 saturated carbocycles. The molecule has 8 nitrogen and oxygen atoms in total. The Morgan fingerprint density at radius 2 is 1.91 bits per heavy atom. The number of amides is 1. The van der Waals surface area contributed by atoms with Crippen LogP contribution in [0.5, 0.6) is 5.75 Å².